The summed E-state index contributed by atoms with van der Waals surface area (Å²) in [6.45, 7) is 0.780. The molecule has 1 saturated carbocycles. The van der Waals surface area contributed by atoms with Gasteiger partial charge >= 0.3 is 0 Å². The van der Waals surface area contributed by atoms with Crippen molar-refractivity contribution < 1.29 is 9.53 Å². The third-order valence-electron chi connectivity index (χ3n) is 3.73. The molecule has 19 heavy (non-hydrogen) atoms. The Morgan fingerprint density at radius 1 is 1.47 bits per heavy atom. The van der Waals surface area contributed by atoms with Gasteiger partial charge in [0.05, 0.1) is 11.7 Å². The molecule has 1 aromatic rings. The first kappa shape index (κ1) is 14.5. The summed E-state index contributed by atoms with van der Waals surface area (Å²) >= 11 is 1.58. The van der Waals surface area contributed by atoms with Gasteiger partial charge in [0.15, 0.2) is 0 Å². The number of carbonyl (C=O) groups is 1. The maximum absolute atomic E-state index is 11.1. The van der Waals surface area contributed by atoms with Crippen LogP contribution in [0.15, 0.2) is 11.4 Å². The van der Waals surface area contributed by atoms with Gasteiger partial charge in [-0.15, -0.1) is 11.3 Å². The summed E-state index contributed by atoms with van der Waals surface area (Å²) in [6, 6.07) is 2.28. The molecule has 0 saturated heterocycles. The Bertz CT molecular complexity index is 419. The minimum absolute atomic E-state index is 0.304. The molecule has 0 unspecified atom stereocenters. The molecular formula is C14H22N2O2S. The highest BCUT2D eigenvalue weighted by Gasteiger charge is 2.22. The molecule has 1 aliphatic carbocycles. The van der Waals surface area contributed by atoms with E-state index in [4.69, 9.17) is 10.5 Å². The molecule has 1 heterocycles. The Hall–Kier alpha value is -0.910. The van der Waals surface area contributed by atoms with Crippen LogP contribution in [-0.2, 0) is 11.3 Å². The molecule has 0 aromatic carbocycles. The molecule has 0 radical (unpaired) electrons. The van der Waals surface area contributed by atoms with Gasteiger partial charge < -0.3 is 15.8 Å². The number of amides is 1. The van der Waals surface area contributed by atoms with Gasteiger partial charge in [0, 0.05) is 30.0 Å². The summed E-state index contributed by atoms with van der Waals surface area (Å²) in [7, 11) is 1.79. The van der Waals surface area contributed by atoms with Gasteiger partial charge in [-0.25, -0.2) is 0 Å². The van der Waals surface area contributed by atoms with Crippen molar-refractivity contribution in [3.05, 3.63) is 21.9 Å². The van der Waals surface area contributed by atoms with Crippen molar-refractivity contribution in [2.45, 2.75) is 50.8 Å². The van der Waals surface area contributed by atoms with Crippen LogP contribution in [0.5, 0.6) is 0 Å². The summed E-state index contributed by atoms with van der Waals surface area (Å²) in [5.41, 5.74) is 5.86. The number of primary amides is 1. The summed E-state index contributed by atoms with van der Waals surface area (Å²) < 4.78 is 5.58. The zero-order chi connectivity index (χ0) is 13.7. The number of thiophene rings is 1. The van der Waals surface area contributed by atoms with Crippen molar-refractivity contribution in [2.24, 2.45) is 5.73 Å². The van der Waals surface area contributed by atoms with Crippen LogP contribution in [0.1, 0.15) is 47.3 Å². The fourth-order valence-corrected chi connectivity index (χ4v) is 3.45. The summed E-state index contributed by atoms with van der Waals surface area (Å²) in [5.74, 6) is -0.355. The molecule has 1 aliphatic rings. The van der Waals surface area contributed by atoms with Crippen LogP contribution in [0.25, 0.3) is 0 Å². The maximum atomic E-state index is 11.1. The van der Waals surface area contributed by atoms with Crippen LogP contribution in [0.2, 0.25) is 0 Å². The molecule has 2 atom stereocenters. The van der Waals surface area contributed by atoms with Crippen molar-refractivity contribution in [1.29, 1.82) is 0 Å². The lowest BCUT2D eigenvalue weighted by Gasteiger charge is -2.24. The van der Waals surface area contributed by atoms with Crippen molar-refractivity contribution in [3.8, 4) is 0 Å². The zero-order valence-corrected chi connectivity index (χ0v) is 12.2. The Labute approximate surface area is 118 Å². The number of hydrogen-bond donors (Lipinski definition) is 2. The molecule has 5 heteroatoms. The largest absolute Gasteiger partial charge is 0.380 e. The average Bonchev–Trinajstić information content (AvgIpc) is 2.76. The Morgan fingerprint density at radius 3 is 2.95 bits per heavy atom. The van der Waals surface area contributed by atoms with E-state index >= 15 is 0 Å². The van der Waals surface area contributed by atoms with Gasteiger partial charge in [-0.3, -0.25) is 4.79 Å². The molecule has 1 fully saturated rings. The van der Waals surface area contributed by atoms with E-state index in [0.29, 0.717) is 17.7 Å². The third kappa shape index (κ3) is 4.03. The lowest BCUT2D eigenvalue weighted by Crippen LogP contribution is -2.39. The monoisotopic (exact) mass is 282 g/mol. The highest BCUT2D eigenvalue weighted by molar-refractivity contribution is 7.10. The van der Waals surface area contributed by atoms with Gasteiger partial charge in [-0.1, -0.05) is 19.3 Å². The smallest absolute Gasteiger partial charge is 0.249 e. The van der Waals surface area contributed by atoms with Gasteiger partial charge in [0.25, 0.3) is 0 Å². The van der Waals surface area contributed by atoms with Gasteiger partial charge in [0.2, 0.25) is 5.91 Å². The first-order valence-corrected chi connectivity index (χ1v) is 7.72. The number of ether oxygens (including phenoxy) is 1. The molecule has 1 aromatic heterocycles. The molecule has 0 aliphatic heterocycles. The highest BCUT2D eigenvalue weighted by Crippen LogP contribution is 2.21. The Morgan fingerprint density at radius 2 is 2.26 bits per heavy atom. The lowest BCUT2D eigenvalue weighted by atomic mass is 10.1. The molecule has 2 rings (SSSR count). The predicted molar refractivity (Wildman–Crippen MR) is 77.3 cm³/mol. The molecule has 0 spiro atoms. The number of nitrogens with two attached hydrogens (primary N) is 1. The first-order valence-electron chi connectivity index (χ1n) is 6.84. The van der Waals surface area contributed by atoms with Gasteiger partial charge in [0.1, 0.15) is 0 Å². The minimum Gasteiger partial charge on any atom is -0.380 e. The summed E-state index contributed by atoms with van der Waals surface area (Å²) in [6.07, 6.45) is 6.40. The fraction of sp³-hybridized carbons (Fsp3) is 0.643. The number of rotatable bonds is 5. The van der Waals surface area contributed by atoms with Crippen molar-refractivity contribution in [3.63, 3.8) is 0 Å². The SMILES string of the molecule is CO[C@H]1CCCCC[C@H]1NCc1cc(C(N)=O)cs1. The van der Waals surface area contributed by atoms with E-state index in [-0.39, 0.29) is 5.91 Å². The van der Waals surface area contributed by atoms with Crippen molar-refractivity contribution >= 4 is 17.2 Å². The van der Waals surface area contributed by atoms with Crippen LogP contribution in [-0.4, -0.2) is 25.2 Å². The number of hydrogen-bond acceptors (Lipinski definition) is 4. The predicted octanol–water partition coefficient (Wildman–Crippen LogP) is 2.28. The van der Waals surface area contributed by atoms with Gasteiger partial charge in [-0.05, 0) is 18.9 Å². The third-order valence-corrected chi connectivity index (χ3v) is 4.67. The normalized spacial score (nSPS) is 24.1. The standard InChI is InChI=1S/C14H22N2O2S/c1-18-13-6-4-2-3-5-12(13)16-8-11-7-10(9-19-11)14(15)17/h7,9,12-13,16H,2-6,8H2,1H3,(H2,15,17)/t12-,13+/m1/s1. The van der Waals surface area contributed by atoms with Crippen LogP contribution >= 0.6 is 11.3 Å². The van der Waals surface area contributed by atoms with E-state index in [2.05, 4.69) is 5.32 Å². The van der Waals surface area contributed by atoms with E-state index in [1.54, 1.807) is 18.4 Å². The van der Waals surface area contributed by atoms with Crippen molar-refractivity contribution in [1.82, 2.24) is 5.32 Å². The van der Waals surface area contributed by atoms with E-state index in [1.165, 1.54) is 19.3 Å². The molecule has 1 amide bonds. The Kier molecular flexibility index (Phi) is 5.36. The molecule has 106 valence electrons. The minimum atomic E-state index is -0.355. The summed E-state index contributed by atoms with van der Waals surface area (Å²) in [4.78, 5) is 12.2. The van der Waals surface area contributed by atoms with Crippen LogP contribution in [0, 0.1) is 0 Å². The number of methoxy groups -OCH3 is 1. The second-order valence-electron chi connectivity index (χ2n) is 5.07. The van der Waals surface area contributed by atoms with Crippen molar-refractivity contribution in [2.75, 3.05) is 7.11 Å². The quantitative estimate of drug-likeness (QED) is 0.814. The molecule has 4 nitrogen and oxygen atoms in total. The van der Waals surface area contributed by atoms with Crippen LogP contribution in [0.3, 0.4) is 0 Å². The maximum Gasteiger partial charge on any atom is 0.249 e. The topological polar surface area (TPSA) is 64.3 Å². The molecule has 3 N–H and O–H groups in total. The van der Waals surface area contributed by atoms with Gasteiger partial charge in [-0.2, -0.15) is 0 Å². The van der Waals surface area contributed by atoms with E-state index in [0.717, 1.165) is 24.3 Å². The number of nitrogens with one attached hydrogen (secondary N) is 1. The lowest BCUT2D eigenvalue weighted by molar-refractivity contribution is 0.0626. The Balaban J connectivity index is 1.90. The molecule has 0 bridgehead atoms. The number of carbonyl (C=O) groups excluding carboxylic acids is 1. The molecular weight excluding hydrogens is 260 g/mol. The average molecular weight is 282 g/mol. The first-order chi connectivity index (χ1) is 9.20. The second kappa shape index (κ2) is 7.03. The fourth-order valence-electron chi connectivity index (χ4n) is 2.62. The summed E-state index contributed by atoms with van der Waals surface area (Å²) in [5, 5.41) is 5.38. The van der Waals surface area contributed by atoms with E-state index in [1.807, 2.05) is 11.4 Å². The van der Waals surface area contributed by atoms with E-state index < -0.39 is 0 Å². The van der Waals surface area contributed by atoms with Crippen LogP contribution in [0.4, 0.5) is 0 Å². The van der Waals surface area contributed by atoms with E-state index in [9.17, 15) is 4.79 Å². The second-order valence-corrected chi connectivity index (χ2v) is 6.06. The zero-order valence-electron chi connectivity index (χ0n) is 11.4. The highest BCUT2D eigenvalue weighted by atomic mass is 32.1. The van der Waals surface area contributed by atoms with Crippen LogP contribution < -0.4 is 11.1 Å².